The van der Waals surface area contributed by atoms with Crippen LogP contribution in [0.25, 0.3) is 0 Å². The fourth-order valence-electron chi connectivity index (χ4n) is 1.53. The average molecular weight is 229 g/mol. The van der Waals surface area contributed by atoms with Gasteiger partial charge in [0.15, 0.2) is 0 Å². The fraction of sp³-hybridized carbons (Fsp3) is 0.800. The van der Waals surface area contributed by atoms with Crippen molar-refractivity contribution < 1.29 is 14.3 Å². The molecule has 0 bridgehead atoms. The standard InChI is InChI=1S/C10H19N3O3/c1-16-6-5-11-7-9(14)13-8-3-2-4-12-10(8)15/h8,11H,2-7H2,1H3,(H,12,15)(H,13,14). The lowest BCUT2D eigenvalue weighted by Crippen LogP contribution is -2.52. The van der Waals surface area contributed by atoms with E-state index in [0.717, 1.165) is 12.8 Å². The van der Waals surface area contributed by atoms with Crippen LogP contribution in [0.2, 0.25) is 0 Å². The van der Waals surface area contributed by atoms with Gasteiger partial charge in [0.25, 0.3) is 0 Å². The van der Waals surface area contributed by atoms with Gasteiger partial charge in [-0.3, -0.25) is 9.59 Å². The maximum Gasteiger partial charge on any atom is 0.242 e. The predicted octanol–water partition coefficient (Wildman–Crippen LogP) is -1.38. The van der Waals surface area contributed by atoms with Crippen molar-refractivity contribution >= 4 is 11.8 Å². The van der Waals surface area contributed by atoms with E-state index in [1.165, 1.54) is 0 Å². The van der Waals surface area contributed by atoms with Crippen LogP contribution in [-0.2, 0) is 14.3 Å². The van der Waals surface area contributed by atoms with Crippen molar-refractivity contribution in [3.8, 4) is 0 Å². The first-order chi connectivity index (χ1) is 7.74. The summed E-state index contributed by atoms with van der Waals surface area (Å²) in [6, 6.07) is -0.370. The van der Waals surface area contributed by atoms with E-state index in [2.05, 4.69) is 16.0 Å². The molecule has 92 valence electrons. The Morgan fingerprint density at radius 2 is 2.44 bits per heavy atom. The third-order valence-corrected chi connectivity index (χ3v) is 2.39. The number of methoxy groups -OCH3 is 1. The summed E-state index contributed by atoms with van der Waals surface area (Å²) in [5.41, 5.74) is 0. The summed E-state index contributed by atoms with van der Waals surface area (Å²) < 4.78 is 4.83. The Bertz CT molecular complexity index is 245. The highest BCUT2D eigenvalue weighted by molar-refractivity contribution is 5.88. The van der Waals surface area contributed by atoms with Gasteiger partial charge in [0.2, 0.25) is 11.8 Å². The van der Waals surface area contributed by atoms with Crippen molar-refractivity contribution in [1.29, 1.82) is 0 Å². The molecule has 1 aliphatic heterocycles. The molecule has 1 rings (SSSR count). The summed E-state index contributed by atoms with van der Waals surface area (Å²) in [4.78, 5) is 22.8. The van der Waals surface area contributed by atoms with E-state index in [9.17, 15) is 9.59 Å². The van der Waals surface area contributed by atoms with Crippen LogP contribution in [0.15, 0.2) is 0 Å². The summed E-state index contributed by atoms with van der Waals surface area (Å²) in [7, 11) is 1.61. The third kappa shape index (κ3) is 4.59. The highest BCUT2D eigenvalue weighted by atomic mass is 16.5. The molecule has 1 aliphatic rings. The first-order valence-electron chi connectivity index (χ1n) is 5.50. The van der Waals surface area contributed by atoms with Crippen LogP contribution in [0.5, 0.6) is 0 Å². The van der Waals surface area contributed by atoms with Gasteiger partial charge >= 0.3 is 0 Å². The van der Waals surface area contributed by atoms with Gasteiger partial charge in [0.05, 0.1) is 13.2 Å². The van der Waals surface area contributed by atoms with Crippen LogP contribution in [-0.4, -0.2) is 51.2 Å². The average Bonchev–Trinajstić information content (AvgIpc) is 2.28. The largest absolute Gasteiger partial charge is 0.383 e. The van der Waals surface area contributed by atoms with Crippen molar-refractivity contribution in [3.63, 3.8) is 0 Å². The zero-order valence-corrected chi connectivity index (χ0v) is 9.54. The third-order valence-electron chi connectivity index (χ3n) is 2.39. The minimum atomic E-state index is -0.370. The zero-order valence-electron chi connectivity index (χ0n) is 9.54. The molecule has 6 heteroatoms. The van der Waals surface area contributed by atoms with E-state index in [0.29, 0.717) is 19.7 Å². The Kier molecular flexibility index (Phi) is 5.81. The van der Waals surface area contributed by atoms with E-state index in [1.54, 1.807) is 7.11 Å². The van der Waals surface area contributed by atoms with Crippen LogP contribution in [0, 0.1) is 0 Å². The summed E-state index contributed by atoms with van der Waals surface area (Å²) in [5, 5.41) is 8.33. The van der Waals surface area contributed by atoms with Crippen LogP contribution < -0.4 is 16.0 Å². The quantitative estimate of drug-likeness (QED) is 0.490. The lowest BCUT2D eigenvalue weighted by molar-refractivity contribution is -0.129. The van der Waals surface area contributed by atoms with Crippen molar-refractivity contribution in [1.82, 2.24) is 16.0 Å². The lowest BCUT2D eigenvalue weighted by atomic mass is 10.1. The number of nitrogens with one attached hydrogen (secondary N) is 3. The van der Waals surface area contributed by atoms with E-state index >= 15 is 0 Å². The second-order valence-corrected chi connectivity index (χ2v) is 3.72. The van der Waals surface area contributed by atoms with Gasteiger partial charge in [-0.1, -0.05) is 0 Å². The SMILES string of the molecule is COCCNCC(=O)NC1CCCNC1=O. The van der Waals surface area contributed by atoms with E-state index in [1.807, 2.05) is 0 Å². The van der Waals surface area contributed by atoms with Crippen molar-refractivity contribution in [2.24, 2.45) is 0 Å². The highest BCUT2D eigenvalue weighted by Gasteiger charge is 2.22. The number of hydrogen-bond donors (Lipinski definition) is 3. The van der Waals surface area contributed by atoms with Crippen LogP contribution in [0.1, 0.15) is 12.8 Å². The summed E-state index contributed by atoms with van der Waals surface area (Å²) >= 11 is 0. The number of hydrogen-bond acceptors (Lipinski definition) is 4. The molecule has 1 atom stereocenters. The molecule has 0 aromatic rings. The predicted molar refractivity (Wildman–Crippen MR) is 58.9 cm³/mol. The molecule has 0 spiro atoms. The molecular weight excluding hydrogens is 210 g/mol. The molecule has 6 nitrogen and oxygen atoms in total. The van der Waals surface area contributed by atoms with Crippen molar-refractivity contribution in [3.05, 3.63) is 0 Å². The first-order valence-corrected chi connectivity index (χ1v) is 5.50. The van der Waals surface area contributed by atoms with Crippen LogP contribution >= 0.6 is 0 Å². The molecule has 16 heavy (non-hydrogen) atoms. The summed E-state index contributed by atoms with van der Waals surface area (Å²) in [6.07, 6.45) is 1.63. The Hall–Kier alpha value is -1.14. The fourth-order valence-corrected chi connectivity index (χ4v) is 1.53. The van der Waals surface area contributed by atoms with Gasteiger partial charge in [-0.05, 0) is 12.8 Å². The van der Waals surface area contributed by atoms with Gasteiger partial charge in [-0.15, -0.1) is 0 Å². The number of amides is 2. The van der Waals surface area contributed by atoms with Gasteiger partial charge in [-0.25, -0.2) is 0 Å². The van der Waals surface area contributed by atoms with Gasteiger partial charge < -0.3 is 20.7 Å². The topological polar surface area (TPSA) is 79.5 Å². The zero-order chi connectivity index (χ0) is 11.8. The Morgan fingerprint density at radius 3 is 3.12 bits per heavy atom. The van der Waals surface area contributed by atoms with E-state index in [4.69, 9.17) is 4.74 Å². The summed E-state index contributed by atoms with van der Waals surface area (Å²) in [5.74, 6) is -0.241. The number of carbonyl (C=O) groups is 2. The number of carbonyl (C=O) groups excluding carboxylic acids is 2. The van der Waals surface area contributed by atoms with Gasteiger partial charge in [-0.2, -0.15) is 0 Å². The maximum absolute atomic E-state index is 11.4. The Balaban J connectivity index is 2.15. The monoisotopic (exact) mass is 229 g/mol. The minimum absolute atomic E-state index is 0.0866. The molecule has 1 unspecified atom stereocenters. The second kappa shape index (κ2) is 7.19. The molecular formula is C10H19N3O3. The van der Waals surface area contributed by atoms with Crippen LogP contribution in [0.4, 0.5) is 0 Å². The molecule has 2 amide bonds. The minimum Gasteiger partial charge on any atom is -0.383 e. The lowest BCUT2D eigenvalue weighted by Gasteiger charge is -2.22. The molecule has 0 radical (unpaired) electrons. The maximum atomic E-state index is 11.4. The molecule has 1 fully saturated rings. The molecule has 1 heterocycles. The van der Waals surface area contributed by atoms with E-state index < -0.39 is 0 Å². The van der Waals surface area contributed by atoms with E-state index in [-0.39, 0.29) is 24.4 Å². The molecule has 0 aromatic carbocycles. The molecule has 0 saturated carbocycles. The number of piperidine rings is 1. The van der Waals surface area contributed by atoms with Gasteiger partial charge in [0, 0.05) is 20.2 Å². The molecule has 3 N–H and O–H groups in total. The van der Waals surface area contributed by atoms with Gasteiger partial charge in [0.1, 0.15) is 6.04 Å². The number of ether oxygens (including phenoxy) is 1. The van der Waals surface area contributed by atoms with Crippen molar-refractivity contribution in [2.75, 3.05) is 33.4 Å². The molecule has 0 aromatic heterocycles. The first kappa shape index (κ1) is 12.9. The Morgan fingerprint density at radius 1 is 1.62 bits per heavy atom. The molecule has 0 aliphatic carbocycles. The second-order valence-electron chi connectivity index (χ2n) is 3.72. The Labute approximate surface area is 95.1 Å². The highest BCUT2D eigenvalue weighted by Crippen LogP contribution is 2.02. The van der Waals surface area contributed by atoms with Crippen molar-refractivity contribution in [2.45, 2.75) is 18.9 Å². The summed E-state index contributed by atoms with van der Waals surface area (Å²) in [6.45, 7) is 2.11. The number of rotatable bonds is 6. The smallest absolute Gasteiger partial charge is 0.242 e. The molecule has 1 saturated heterocycles. The van der Waals surface area contributed by atoms with Crippen LogP contribution in [0.3, 0.4) is 0 Å². The normalized spacial score (nSPS) is 20.3.